The zero-order chi connectivity index (χ0) is 22.3. The van der Waals surface area contributed by atoms with Crippen LogP contribution in [-0.2, 0) is 23.4 Å². The van der Waals surface area contributed by atoms with Crippen molar-refractivity contribution in [3.63, 3.8) is 0 Å². The topological polar surface area (TPSA) is 77.5 Å². The zero-order valence-electron chi connectivity index (χ0n) is 17.8. The van der Waals surface area contributed by atoms with Crippen LogP contribution < -0.4 is 13.3 Å². The molecule has 1 aromatic heterocycles. The first-order valence-electron chi connectivity index (χ1n) is 8.63. The minimum atomic E-state index is -0.116. The van der Waals surface area contributed by atoms with Gasteiger partial charge in [-0.05, 0) is 43.9 Å². The molecule has 0 atom stereocenters. The van der Waals surface area contributed by atoms with Crippen molar-refractivity contribution in [2.24, 2.45) is 5.92 Å². The zero-order valence-corrected chi connectivity index (χ0v) is 25.7. The van der Waals surface area contributed by atoms with E-state index in [-0.39, 0.29) is 35.8 Å². The third kappa shape index (κ3) is 13.9. The first-order valence-corrected chi connectivity index (χ1v) is 21.2. The molecule has 159 valence electrons. The van der Waals surface area contributed by atoms with Gasteiger partial charge in [0.25, 0.3) is 0 Å². The molecule has 29 heavy (non-hydrogen) atoms. The van der Waals surface area contributed by atoms with E-state index in [1.165, 1.54) is 0 Å². The second kappa shape index (κ2) is 20.0. The van der Waals surface area contributed by atoms with Gasteiger partial charge in [-0.15, -0.1) is 0 Å². The smallest absolute Gasteiger partial charge is 0 e. The van der Waals surface area contributed by atoms with E-state index >= 15 is 0 Å². The van der Waals surface area contributed by atoms with Crippen LogP contribution in [0.25, 0.3) is 0 Å². The first kappa shape index (κ1) is 33.7. The Labute approximate surface area is 217 Å². The number of Topliss-reactive ketones (excluding diaryl/α,β-unsaturated/α-hetero) is 1. The maximum atomic E-state index is 11.5. The fourth-order valence-electron chi connectivity index (χ4n) is 2.12. The van der Waals surface area contributed by atoms with Crippen molar-refractivity contribution in [3.05, 3.63) is 52.4 Å². The van der Waals surface area contributed by atoms with Crippen molar-refractivity contribution in [3.8, 4) is 12.1 Å². The van der Waals surface area contributed by atoms with E-state index in [2.05, 4.69) is 48.3 Å². The summed E-state index contributed by atoms with van der Waals surface area (Å²) in [5.74, 6) is 0.118. The molecule has 0 saturated carbocycles. The maximum absolute atomic E-state index is 11.5. The van der Waals surface area contributed by atoms with Crippen LogP contribution in [0.1, 0.15) is 64.3 Å². The molecule has 1 heterocycles. The Bertz CT molecular complexity index is 776. The average molecular weight is 769 g/mol. The largest absolute Gasteiger partial charge is 0 e. The number of rotatable bonds is 4. The number of hydrogen-bond donors (Lipinski definition) is 0. The average Bonchev–Trinajstić information content (AvgIpc) is 2.63. The Balaban J connectivity index is -0.000000399. The number of nitrogens with zero attached hydrogens (tertiary/aromatic N) is 3. The molecule has 8 heteroatoms. The van der Waals surface area contributed by atoms with Crippen LogP contribution in [0, 0.1) is 35.5 Å². The Morgan fingerprint density at radius 2 is 1.76 bits per heavy atom. The van der Waals surface area contributed by atoms with Crippen molar-refractivity contribution in [2.45, 2.75) is 54.4 Å². The number of carbonyl (C=O) groups excluding carboxylic acids is 1. The molecule has 1 aromatic rings. The molecule has 4 nitrogen and oxygen atoms in total. The third-order valence-corrected chi connectivity index (χ3v) is 3.54. The molecule has 0 fully saturated rings. The van der Waals surface area contributed by atoms with Gasteiger partial charge in [0, 0.05) is 30.7 Å². The monoisotopic (exact) mass is 769 g/mol. The normalized spacial score (nSPS) is 10.7. The molecule has 0 spiro atoms. The van der Waals surface area contributed by atoms with Crippen LogP contribution in [-0.4, -0.2) is 10.8 Å². The third-order valence-electron chi connectivity index (χ3n) is 3.54. The number of allylic oxidation sites excluding steroid dienone is 4. The molecule has 0 N–H and O–H groups in total. The molecule has 0 saturated heterocycles. The number of pyridine rings is 1. The second-order valence-corrected chi connectivity index (χ2v) is 22.6. The van der Waals surface area contributed by atoms with E-state index in [0.717, 1.165) is 22.4 Å². The number of aryl methyl sites for hydroxylation is 1. The van der Waals surface area contributed by atoms with Gasteiger partial charge in [0.15, 0.2) is 5.78 Å². The fourth-order valence-corrected chi connectivity index (χ4v) is 2.12. The minimum absolute atomic E-state index is 0. The number of hydrogen-bond acceptors (Lipinski definition) is 4. The van der Waals surface area contributed by atoms with Gasteiger partial charge < -0.3 is 0 Å². The summed E-state index contributed by atoms with van der Waals surface area (Å²) in [5, 5.41) is 17.6. The maximum Gasteiger partial charge on any atom is 0 e. The van der Waals surface area contributed by atoms with Crippen LogP contribution in [0.5, 0.6) is 0 Å². The molecule has 0 unspecified atom stereocenters. The van der Waals surface area contributed by atoms with E-state index in [1.54, 1.807) is 33.0 Å². The van der Waals surface area contributed by atoms with Gasteiger partial charge in [-0.2, -0.15) is 10.5 Å². The van der Waals surface area contributed by atoms with Crippen molar-refractivity contribution in [2.75, 3.05) is 0 Å². The van der Waals surface area contributed by atoms with Gasteiger partial charge in [0.05, 0.1) is 16.8 Å². The summed E-state index contributed by atoms with van der Waals surface area (Å²) >= 11 is 5.30. The van der Waals surface area contributed by atoms with Crippen molar-refractivity contribution in [1.82, 2.24) is 4.98 Å². The molecule has 0 aromatic carbocycles. The van der Waals surface area contributed by atoms with Crippen LogP contribution >= 0.6 is 37.2 Å². The molecule has 0 aliphatic heterocycles. The summed E-state index contributed by atoms with van der Waals surface area (Å²) < 4.78 is 0. The number of halogens is 3. The van der Waals surface area contributed by atoms with Crippen LogP contribution in [0.4, 0.5) is 0 Å². The van der Waals surface area contributed by atoms with Gasteiger partial charge in [0.2, 0.25) is 0 Å². The molecule has 0 aliphatic carbocycles. The van der Waals surface area contributed by atoms with Crippen LogP contribution in [0.3, 0.4) is 0 Å². The quantitative estimate of drug-likeness (QED) is 0.203. The van der Waals surface area contributed by atoms with Crippen molar-refractivity contribution < 1.29 is 36.6 Å². The van der Waals surface area contributed by atoms with Gasteiger partial charge in [0.1, 0.15) is 12.1 Å². The SMILES string of the molecule is CC=C/C(C)=C(/C#N)C(=O)C(C)C.Cc1ccnc(C(C)C)c1C#N.I[I-]I.[V]. The standard InChI is InChI=1S/C11H15NO.C10H12N2.I3.V/c1-5-6-9(4)10(7-12)11(13)8(2)3;1-7(2)10-9(6-11)8(3)4-5-12-10;1-3-2;/h5-6,8H,1-4H3;4-5,7H,1-3H3;;/q;;-1;/b6-5?,10-9-;;;. The summed E-state index contributed by atoms with van der Waals surface area (Å²) in [5.41, 5.74) is 3.65. The second-order valence-electron chi connectivity index (χ2n) is 6.40. The molecule has 0 amide bonds. The van der Waals surface area contributed by atoms with Crippen molar-refractivity contribution >= 4 is 43.0 Å². The van der Waals surface area contributed by atoms with Crippen molar-refractivity contribution in [1.29, 1.82) is 10.5 Å². The number of carbonyl (C=O) groups is 1. The van der Waals surface area contributed by atoms with E-state index in [1.807, 2.05) is 45.9 Å². The number of aromatic nitrogens is 1. The Kier molecular flexibility index (Phi) is 23.2. The Morgan fingerprint density at radius 1 is 1.24 bits per heavy atom. The van der Waals surface area contributed by atoms with Gasteiger partial charge >= 0.3 is 50.5 Å². The van der Waals surface area contributed by atoms with Crippen LogP contribution in [0.15, 0.2) is 35.6 Å². The van der Waals surface area contributed by atoms with E-state index in [4.69, 9.17) is 10.5 Å². The number of ketones is 1. The molecular weight excluding hydrogens is 742 g/mol. The van der Waals surface area contributed by atoms with Crippen LogP contribution in [0.2, 0.25) is 0 Å². The predicted molar refractivity (Wildman–Crippen MR) is 129 cm³/mol. The van der Waals surface area contributed by atoms with Gasteiger partial charge in [-0.1, -0.05) is 39.8 Å². The molecule has 0 aliphatic rings. The van der Waals surface area contributed by atoms with E-state index < -0.39 is 0 Å². The van der Waals surface area contributed by atoms with E-state index in [9.17, 15) is 4.79 Å². The minimum Gasteiger partial charge on any atom is 0 e. The number of nitriles is 2. The summed E-state index contributed by atoms with van der Waals surface area (Å²) in [6.07, 6.45) is 5.35. The van der Waals surface area contributed by atoms with E-state index in [0.29, 0.717) is 19.2 Å². The first-order chi connectivity index (χ1) is 13.1. The Morgan fingerprint density at radius 3 is 2.07 bits per heavy atom. The molecule has 1 rings (SSSR count). The molecular formula is C21H27I3N3OV-. The molecule has 1 radical (unpaired) electrons. The summed E-state index contributed by atoms with van der Waals surface area (Å²) in [6.45, 7) is 13.2. The molecule has 0 bridgehead atoms. The summed E-state index contributed by atoms with van der Waals surface area (Å²) in [7, 11) is 0. The fraction of sp³-hybridized carbons (Fsp3) is 0.429. The van der Waals surface area contributed by atoms with Gasteiger partial charge in [-0.25, -0.2) is 0 Å². The summed E-state index contributed by atoms with van der Waals surface area (Å²) in [6, 6.07) is 5.99. The predicted octanol–water partition coefficient (Wildman–Crippen LogP) is 3.79. The Hall–Kier alpha value is 0.0544. The summed E-state index contributed by atoms with van der Waals surface area (Å²) in [4.78, 5) is 15.7. The van der Waals surface area contributed by atoms with Gasteiger partial charge in [-0.3, -0.25) is 9.78 Å².